The second-order valence-electron chi connectivity index (χ2n) is 4.89. The van der Waals surface area contributed by atoms with Crippen LogP contribution in [-0.2, 0) is 9.53 Å². The molecule has 4 heterocycles. The van der Waals surface area contributed by atoms with E-state index in [9.17, 15) is 9.59 Å². The van der Waals surface area contributed by atoms with Crippen molar-refractivity contribution in [1.82, 2.24) is 4.90 Å². The zero-order chi connectivity index (χ0) is 12.5. The van der Waals surface area contributed by atoms with Crippen molar-refractivity contribution in [2.75, 3.05) is 19.6 Å². The lowest BCUT2D eigenvalue weighted by Crippen LogP contribution is -2.52. The van der Waals surface area contributed by atoms with Crippen molar-refractivity contribution >= 4 is 11.8 Å². The number of carbonyl (C=O) groups excluding carboxylic acids is 2. The molecular formula is C13H15NO4. The van der Waals surface area contributed by atoms with E-state index in [1.165, 1.54) is 12.3 Å². The summed E-state index contributed by atoms with van der Waals surface area (Å²) in [5, 5.41) is 0. The van der Waals surface area contributed by atoms with Crippen LogP contribution in [-0.4, -0.2) is 42.4 Å². The fourth-order valence-corrected chi connectivity index (χ4v) is 2.74. The second-order valence-corrected chi connectivity index (χ2v) is 4.89. The maximum absolute atomic E-state index is 11.7. The van der Waals surface area contributed by atoms with Crippen LogP contribution < -0.4 is 0 Å². The number of piperidine rings is 3. The number of Topliss-reactive ketones (excluding diaryl/α,β-unsaturated/α-hetero) is 1. The lowest BCUT2D eigenvalue weighted by atomic mass is 9.86. The molecule has 0 aromatic carbocycles. The van der Waals surface area contributed by atoms with Gasteiger partial charge in [0.25, 0.3) is 0 Å². The SMILES string of the molecule is O=C(OC1CN2CCC1CC2)C(=O)c1ccco1. The molecule has 3 aliphatic rings. The van der Waals surface area contributed by atoms with Gasteiger partial charge < -0.3 is 9.15 Å². The largest absolute Gasteiger partial charge is 0.461 e. The first kappa shape index (κ1) is 11.5. The van der Waals surface area contributed by atoms with Gasteiger partial charge in [0.2, 0.25) is 0 Å². The maximum Gasteiger partial charge on any atom is 0.383 e. The summed E-state index contributed by atoms with van der Waals surface area (Å²) in [7, 11) is 0. The van der Waals surface area contributed by atoms with Crippen LogP contribution in [0.25, 0.3) is 0 Å². The van der Waals surface area contributed by atoms with Crippen LogP contribution in [0.1, 0.15) is 23.4 Å². The van der Waals surface area contributed by atoms with Crippen LogP contribution in [0.4, 0.5) is 0 Å². The van der Waals surface area contributed by atoms with Crippen molar-refractivity contribution < 1.29 is 18.7 Å². The van der Waals surface area contributed by atoms with E-state index >= 15 is 0 Å². The fraction of sp³-hybridized carbons (Fsp3) is 0.538. The Kier molecular flexibility index (Phi) is 2.91. The van der Waals surface area contributed by atoms with Gasteiger partial charge in [-0.15, -0.1) is 0 Å². The number of furan rings is 1. The molecule has 0 radical (unpaired) electrons. The summed E-state index contributed by atoms with van der Waals surface area (Å²) in [6.45, 7) is 2.90. The summed E-state index contributed by atoms with van der Waals surface area (Å²) in [6, 6.07) is 3.05. The number of esters is 1. The molecule has 0 spiro atoms. The highest BCUT2D eigenvalue weighted by molar-refractivity contribution is 6.39. The molecule has 0 saturated carbocycles. The van der Waals surface area contributed by atoms with Gasteiger partial charge in [0.1, 0.15) is 6.10 Å². The monoisotopic (exact) mass is 249 g/mol. The molecule has 0 N–H and O–H groups in total. The van der Waals surface area contributed by atoms with Crippen molar-refractivity contribution in [1.29, 1.82) is 0 Å². The van der Waals surface area contributed by atoms with E-state index in [2.05, 4.69) is 4.90 Å². The Morgan fingerprint density at radius 2 is 2.11 bits per heavy atom. The molecule has 3 aliphatic heterocycles. The molecule has 1 atom stereocenters. The standard InChI is InChI=1S/C13H15NO4/c15-12(10-2-1-7-17-10)13(16)18-11-8-14-5-3-9(11)4-6-14/h1-2,7,9,11H,3-6,8H2. The van der Waals surface area contributed by atoms with E-state index in [1.54, 1.807) is 6.07 Å². The van der Waals surface area contributed by atoms with E-state index < -0.39 is 11.8 Å². The quantitative estimate of drug-likeness (QED) is 0.456. The van der Waals surface area contributed by atoms with E-state index in [1.807, 2.05) is 0 Å². The van der Waals surface area contributed by atoms with E-state index in [-0.39, 0.29) is 11.9 Å². The third kappa shape index (κ3) is 2.06. The first-order valence-electron chi connectivity index (χ1n) is 6.25. The Morgan fingerprint density at radius 1 is 1.33 bits per heavy atom. The molecule has 3 fully saturated rings. The van der Waals surface area contributed by atoms with Crippen LogP contribution in [0.2, 0.25) is 0 Å². The Balaban J connectivity index is 1.63. The first-order chi connectivity index (χ1) is 8.74. The van der Waals surface area contributed by atoms with Crippen molar-refractivity contribution in [3.63, 3.8) is 0 Å². The molecule has 5 heteroatoms. The third-order valence-corrected chi connectivity index (χ3v) is 3.78. The van der Waals surface area contributed by atoms with Gasteiger partial charge in [-0.3, -0.25) is 9.69 Å². The molecule has 1 unspecified atom stereocenters. The van der Waals surface area contributed by atoms with E-state index in [0.29, 0.717) is 5.92 Å². The van der Waals surface area contributed by atoms with Gasteiger partial charge in [-0.25, -0.2) is 4.79 Å². The lowest BCUT2D eigenvalue weighted by molar-refractivity contribution is -0.153. The molecule has 0 amide bonds. The molecule has 3 saturated heterocycles. The number of rotatable bonds is 3. The number of hydrogen-bond donors (Lipinski definition) is 0. The summed E-state index contributed by atoms with van der Waals surface area (Å²) in [5.74, 6) is -1.05. The fourth-order valence-electron chi connectivity index (χ4n) is 2.74. The molecule has 18 heavy (non-hydrogen) atoms. The highest BCUT2D eigenvalue weighted by Crippen LogP contribution is 2.29. The number of ketones is 1. The minimum atomic E-state index is -0.802. The van der Waals surface area contributed by atoms with E-state index in [4.69, 9.17) is 9.15 Å². The summed E-state index contributed by atoms with van der Waals surface area (Å²) >= 11 is 0. The van der Waals surface area contributed by atoms with E-state index in [0.717, 1.165) is 32.5 Å². The molecule has 1 aromatic heterocycles. The molecule has 96 valence electrons. The van der Waals surface area contributed by atoms with Gasteiger partial charge in [-0.1, -0.05) is 0 Å². The van der Waals surface area contributed by atoms with Crippen LogP contribution in [0.3, 0.4) is 0 Å². The minimum absolute atomic E-state index is 0.0428. The highest BCUT2D eigenvalue weighted by Gasteiger charge is 2.37. The van der Waals surface area contributed by atoms with Crippen molar-refractivity contribution in [3.8, 4) is 0 Å². The number of fused-ring (bicyclic) bond motifs is 3. The zero-order valence-electron chi connectivity index (χ0n) is 10.0. The number of nitrogens with zero attached hydrogens (tertiary/aromatic N) is 1. The van der Waals surface area contributed by atoms with Gasteiger partial charge in [0.05, 0.1) is 6.26 Å². The van der Waals surface area contributed by atoms with Crippen LogP contribution in [0.15, 0.2) is 22.8 Å². The number of carbonyl (C=O) groups is 2. The summed E-state index contributed by atoms with van der Waals surface area (Å²) in [4.78, 5) is 25.7. The van der Waals surface area contributed by atoms with Crippen LogP contribution in [0, 0.1) is 5.92 Å². The lowest BCUT2D eigenvalue weighted by Gasteiger charge is -2.43. The Labute approximate surface area is 105 Å². The van der Waals surface area contributed by atoms with Gasteiger partial charge in [0, 0.05) is 6.54 Å². The average molecular weight is 249 g/mol. The van der Waals surface area contributed by atoms with Gasteiger partial charge >= 0.3 is 11.8 Å². The predicted octanol–water partition coefficient (Wildman–Crippen LogP) is 1.10. The Hall–Kier alpha value is -1.62. The van der Waals surface area contributed by atoms with Crippen molar-refractivity contribution in [2.45, 2.75) is 18.9 Å². The number of hydrogen-bond acceptors (Lipinski definition) is 5. The smallest absolute Gasteiger partial charge is 0.383 e. The summed E-state index contributed by atoms with van der Waals surface area (Å²) in [6.07, 6.45) is 3.33. The number of ether oxygens (including phenoxy) is 1. The zero-order valence-corrected chi connectivity index (χ0v) is 10.0. The normalized spacial score (nSPS) is 30.1. The maximum atomic E-state index is 11.7. The minimum Gasteiger partial charge on any atom is -0.461 e. The van der Waals surface area contributed by atoms with Gasteiger partial charge in [-0.2, -0.15) is 0 Å². The molecule has 2 bridgehead atoms. The van der Waals surface area contributed by atoms with Crippen molar-refractivity contribution in [3.05, 3.63) is 24.2 Å². The van der Waals surface area contributed by atoms with Gasteiger partial charge in [-0.05, 0) is 44.0 Å². The molecule has 1 aromatic rings. The highest BCUT2D eigenvalue weighted by atomic mass is 16.6. The predicted molar refractivity (Wildman–Crippen MR) is 62.1 cm³/mol. The molecule has 4 rings (SSSR count). The Bertz CT molecular complexity index is 446. The Morgan fingerprint density at radius 3 is 2.67 bits per heavy atom. The topological polar surface area (TPSA) is 59.8 Å². The molecule has 0 aliphatic carbocycles. The third-order valence-electron chi connectivity index (χ3n) is 3.78. The van der Waals surface area contributed by atoms with Crippen molar-refractivity contribution in [2.24, 2.45) is 5.92 Å². The summed E-state index contributed by atoms with van der Waals surface area (Å²) in [5.41, 5.74) is 0. The van der Waals surface area contributed by atoms with Gasteiger partial charge in [0.15, 0.2) is 5.76 Å². The molecular weight excluding hydrogens is 234 g/mol. The average Bonchev–Trinajstić information content (AvgIpc) is 2.93. The summed E-state index contributed by atoms with van der Waals surface area (Å²) < 4.78 is 10.2. The van der Waals surface area contributed by atoms with Crippen LogP contribution >= 0.6 is 0 Å². The van der Waals surface area contributed by atoms with Crippen LogP contribution in [0.5, 0.6) is 0 Å². The second kappa shape index (κ2) is 4.57. The first-order valence-corrected chi connectivity index (χ1v) is 6.25. The molecule has 5 nitrogen and oxygen atoms in total.